The van der Waals surface area contributed by atoms with Crippen molar-refractivity contribution in [3.63, 3.8) is 0 Å². The van der Waals surface area contributed by atoms with Gasteiger partial charge in [0.05, 0.1) is 10.2 Å². The molecule has 3 nitrogen and oxygen atoms in total. The van der Waals surface area contributed by atoms with Gasteiger partial charge in [-0.25, -0.2) is 9.37 Å². The van der Waals surface area contributed by atoms with Gasteiger partial charge in [-0.3, -0.25) is 4.21 Å². The Bertz CT molecular complexity index is 555. The van der Waals surface area contributed by atoms with Gasteiger partial charge >= 0.3 is 0 Å². The Kier molecular flexibility index (Phi) is 3.73. The maximum absolute atomic E-state index is 13.0. The number of halogens is 1. The molecule has 2 atom stereocenters. The smallest absolute Gasteiger partial charge is 0.184 e. The van der Waals surface area contributed by atoms with Crippen LogP contribution >= 0.6 is 11.3 Å². The SMILES string of the molecule is CC(CS(C)=O)Nc1nc2ccc(F)cc2s1. The monoisotopic (exact) mass is 272 g/mol. The Balaban J connectivity index is 2.16. The highest BCUT2D eigenvalue weighted by Crippen LogP contribution is 2.26. The zero-order valence-corrected chi connectivity index (χ0v) is 11.2. The van der Waals surface area contributed by atoms with E-state index in [4.69, 9.17) is 0 Å². The largest absolute Gasteiger partial charge is 0.358 e. The van der Waals surface area contributed by atoms with E-state index >= 15 is 0 Å². The standard InChI is InChI=1S/C11H13FN2OS2/c1-7(6-17(2)15)13-11-14-9-4-3-8(12)5-10(9)16-11/h3-5,7H,6H2,1-2H3,(H,13,14). The van der Waals surface area contributed by atoms with Crippen molar-refractivity contribution < 1.29 is 8.60 Å². The summed E-state index contributed by atoms with van der Waals surface area (Å²) in [5, 5.41) is 3.91. The van der Waals surface area contributed by atoms with Crippen molar-refractivity contribution in [2.75, 3.05) is 17.3 Å². The highest BCUT2D eigenvalue weighted by molar-refractivity contribution is 7.84. The van der Waals surface area contributed by atoms with Gasteiger partial charge in [0.2, 0.25) is 0 Å². The summed E-state index contributed by atoms with van der Waals surface area (Å²) in [5.41, 5.74) is 0.781. The lowest BCUT2D eigenvalue weighted by atomic mass is 10.3. The molecule has 1 aromatic carbocycles. The lowest BCUT2D eigenvalue weighted by Gasteiger charge is -2.10. The average molecular weight is 272 g/mol. The molecule has 2 rings (SSSR count). The molecule has 0 bridgehead atoms. The molecule has 1 heterocycles. The van der Waals surface area contributed by atoms with Crippen LogP contribution in [0.1, 0.15) is 6.92 Å². The number of aromatic nitrogens is 1. The van der Waals surface area contributed by atoms with Gasteiger partial charge in [0.15, 0.2) is 5.13 Å². The third-order valence-corrected chi connectivity index (χ3v) is 4.12. The molecule has 2 unspecified atom stereocenters. The highest BCUT2D eigenvalue weighted by atomic mass is 32.2. The molecule has 0 spiro atoms. The second-order valence-corrected chi connectivity index (χ2v) is 6.43. The number of hydrogen-bond donors (Lipinski definition) is 1. The topological polar surface area (TPSA) is 42.0 Å². The minimum absolute atomic E-state index is 0.0891. The van der Waals surface area contributed by atoms with E-state index in [9.17, 15) is 8.60 Å². The minimum Gasteiger partial charge on any atom is -0.358 e. The molecule has 0 aliphatic heterocycles. The molecular formula is C11H13FN2OS2. The quantitative estimate of drug-likeness (QED) is 0.930. The fourth-order valence-electron chi connectivity index (χ4n) is 1.56. The first kappa shape index (κ1) is 12.4. The average Bonchev–Trinajstić information content (AvgIpc) is 2.57. The summed E-state index contributed by atoms with van der Waals surface area (Å²) in [4.78, 5) is 4.34. The summed E-state index contributed by atoms with van der Waals surface area (Å²) in [7, 11) is -0.836. The molecule has 0 saturated heterocycles. The van der Waals surface area contributed by atoms with Crippen LogP contribution in [-0.2, 0) is 10.8 Å². The van der Waals surface area contributed by atoms with Crippen molar-refractivity contribution in [1.29, 1.82) is 0 Å². The van der Waals surface area contributed by atoms with Gasteiger partial charge in [0.1, 0.15) is 5.82 Å². The zero-order valence-electron chi connectivity index (χ0n) is 9.57. The molecular weight excluding hydrogens is 259 g/mol. The first-order valence-electron chi connectivity index (χ1n) is 5.17. The van der Waals surface area contributed by atoms with Crippen LogP contribution in [0.15, 0.2) is 18.2 Å². The van der Waals surface area contributed by atoms with Crippen LogP contribution < -0.4 is 5.32 Å². The number of rotatable bonds is 4. The second kappa shape index (κ2) is 5.10. The molecule has 17 heavy (non-hydrogen) atoms. The van der Waals surface area contributed by atoms with Gasteiger partial charge in [-0.2, -0.15) is 0 Å². The Morgan fingerprint density at radius 3 is 3.06 bits per heavy atom. The molecule has 6 heteroatoms. The van der Waals surface area contributed by atoms with Crippen LogP contribution in [0.25, 0.3) is 10.2 Å². The fourth-order valence-corrected chi connectivity index (χ4v) is 3.35. The molecule has 2 aromatic rings. The third-order valence-electron chi connectivity index (χ3n) is 2.21. The lowest BCUT2D eigenvalue weighted by molar-refractivity contribution is 0.630. The van der Waals surface area contributed by atoms with Crippen molar-refractivity contribution in [2.24, 2.45) is 0 Å². The van der Waals surface area contributed by atoms with Crippen LogP contribution in [-0.4, -0.2) is 27.2 Å². The summed E-state index contributed by atoms with van der Waals surface area (Å²) in [6.45, 7) is 1.95. The Morgan fingerprint density at radius 1 is 1.59 bits per heavy atom. The van der Waals surface area contributed by atoms with Gasteiger partial charge in [-0.05, 0) is 25.1 Å². The summed E-state index contributed by atoms with van der Waals surface area (Å²) in [5.74, 6) is 0.319. The van der Waals surface area contributed by atoms with Crippen molar-refractivity contribution in [1.82, 2.24) is 4.98 Å². The summed E-state index contributed by atoms with van der Waals surface area (Å²) in [6.07, 6.45) is 1.67. The van der Waals surface area contributed by atoms with E-state index in [2.05, 4.69) is 10.3 Å². The van der Waals surface area contributed by atoms with E-state index in [1.807, 2.05) is 6.92 Å². The summed E-state index contributed by atoms with van der Waals surface area (Å²) < 4.78 is 24.9. The molecule has 0 fully saturated rings. The number of anilines is 1. The predicted molar refractivity (Wildman–Crippen MR) is 71.6 cm³/mol. The van der Waals surface area contributed by atoms with Crippen LogP contribution in [0.2, 0.25) is 0 Å². The van der Waals surface area contributed by atoms with Gasteiger partial charge in [0.25, 0.3) is 0 Å². The Labute approximate surface area is 106 Å². The van der Waals surface area contributed by atoms with Crippen molar-refractivity contribution in [3.05, 3.63) is 24.0 Å². The van der Waals surface area contributed by atoms with Gasteiger partial charge in [-0.1, -0.05) is 11.3 Å². The first-order valence-corrected chi connectivity index (χ1v) is 7.71. The summed E-state index contributed by atoms with van der Waals surface area (Å²) >= 11 is 1.41. The third kappa shape index (κ3) is 3.23. The zero-order chi connectivity index (χ0) is 12.4. The molecule has 1 aromatic heterocycles. The van der Waals surface area contributed by atoms with Crippen molar-refractivity contribution >= 4 is 37.5 Å². The van der Waals surface area contributed by atoms with Gasteiger partial charge < -0.3 is 5.32 Å². The van der Waals surface area contributed by atoms with E-state index in [0.29, 0.717) is 5.75 Å². The van der Waals surface area contributed by atoms with E-state index < -0.39 is 10.8 Å². The van der Waals surface area contributed by atoms with Crippen LogP contribution in [0.5, 0.6) is 0 Å². The number of benzene rings is 1. The molecule has 0 aliphatic carbocycles. The van der Waals surface area contributed by atoms with Gasteiger partial charge in [0, 0.05) is 28.9 Å². The molecule has 1 N–H and O–H groups in total. The molecule has 0 aliphatic rings. The van der Waals surface area contributed by atoms with E-state index in [0.717, 1.165) is 15.3 Å². The molecule has 0 radical (unpaired) electrons. The number of nitrogens with zero attached hydrogens (tertiary/aromatic N) is 1. The van der Waals surface area contributed by atoms with Crippen LogP contribution in [0.3, 0.4) is 0 Å². The maximum Gasteiger partial charge on any atom is 0.184 e. The van der Waals surface area contributed by atoms with E-state index in [1.54, 1.807) is 12.3 Å². The number of fused-ring (bicyclic) bond motifs is 1. The molecule has 92 valence electrons. The normalized spacial score (nSPS) is 14.8. The van der Waals surface area contributed by atoms with Crippen molar-refractivity contribution in [2.45, 2.75) is 13.0 Å². The molecule has 0 amide bonds. The summed E-state index contributed by atoms with van der Waals surface area (Å²) in [6, 6.07) is 4.62. The van der Waals surface area contributed by atoms with Crippen LogP contribution in [0.4, 0.5) is 9.52 Å². The van der Waals surface area contributed by atoms with E-state index in [1.165, 1.54) is 23.5 Å². The fraction of sp³-hybridized carbons (Fsp3) is 0.364. The maximum atomic E-state index is 13.0. The lowest BCUT2D eigenvalue weighted by Crippen LogP contribution is -2.21. The number of thiazole rings is 1. The number of nitrogens with one attached hydrogen (secondary N) is 1. The predicted octanol–water partition coefficient (Wildman–Crippen LogP) is 2.61. The second-order valence-electron chi connectivity index (χ2n) is 3.92. The van der Waals surface area contributed by atoms with Crippen LogP contribution in [0, 0.1) is 5.82 Å². The van der Waals surface area contributed by atoms with Crippen molar-refractivity contribution in [3.8, 4) is 0 Å². The van der Waals surface area contributed by atoms with E-state index in [-0.39, 0.29) is 11.9 Å². The first-order chi connectivity index (χ1) is 8.04. The number of hydrogen-bond acceptors (Lipinski definition) is 4. The van der Waals surface area contributed by atoms with Gasteiger partial charge in [-0.15, -0.1) is 0 Å². The Hall–Kier alpha value is -1.01. The molecule has 0 saturated carbocycles. The highest BCUT2D eigenvalue weighted by Gasteiger charge is 2.09. The minimum atomic E-state index is -0.836. The Morgan fingerprint density at radius 2 is 2.35 bits per heavy atom.